The fourth-order valence-corrected chi connectivity index (χ4v) is 2.12. The quantitative estimate of drug-likeness (QED) is 0.781. The highest BCUT2D eigenvalue weighted by molar-refractivity contribution is 5.15. The van der Waals surface area contributed by atoms with Crippen LogP contribution in [0.1, 0.15) is 31.4 Å². The standard InChI is InChI=1S/C12H19NO2/c1-3-13-11(10-6-7-15-8-10)12(14-2)9-4-5-9/h6-9,11-13H,3-5H2,1-2H3. The zero-order valence-electron chi connectivity index (χ0n) is 9.40. The van der Waals surface area contributed by atoms with Crippen molar-refractivity contribution in [1.29, 1.82) is 0 Å². The minimum absolute atomic E-state index is 0.270. The van der Waals surface area contributed by atoms with Gasteiger partial charge >= 0.3 is 0 Å². The number of hydrogen-bond donors (Lipinski definition) is 1. The lowest BCUT2D eigenvalue weighted by Crippen LogP contribution is -2.34. The summed E-state index contributed by atoms with van der Waals surface area (Å²) >= 11 is 0. The van der Waals surface area contributed by atoms with Gasteiger partial charge in [-0.2, -0.15) is 0 Å². The lowest BCUT2D eigenvalue weighted by molar-refractivity contribution is 0.0510. The van der Waals surface area contributed by atoms with E-state index in [1.165, 1.54) is 18.4 Å². The molecule has 1 fully saturated rings. The van der Waals surface area contributed by atoms with Crippen LogP contribution in [-0.2, 0) is 4.74 Å². The molecule has 1 heterocycles. The van der Waals surface area contributed by atoms with Gasteiger partial charge in [0.25, 0.3) is 0 Å². The molecule has 3 nitrogen and oxygen atoms in total. The fourth-order valence-electron chi connectivity index (χ4n) is 2.12. The van der Waals surface area contributed by atoms with Gasteiger partial charge in [0.1, 0.15) is 0 Å². The third-order valence-corrected chi connectivity index (χ3v) is 3.01. The first-order valence-electron chi connectivity index (χ1n) is 5.65. The molecule has 2 unspecified atom stereocenters. The van der Waals surface area contributed by atoms with Crippen molar-refractivity contribution in [3.63, 3.8) is 0 Å². The van der Waals surface area contributed by atoms with Gasteiger partial charge in [-0.1, -0.05) is 6.92 Å². The minimum Gasteiger partial charge on any atom is -0.472 e. The SMILES string of the molecule is CCNC(c1ccoc1)C(OC)C1CC1. The topological polar surface area (TPSA) is 34.4 Å². The van der Waals surface area contributed by atoms with Gasteiger partial charge in [0.15, 0.2) is 0 Å². The van der Waals surface area contributed by atoms with Crippen LogP contribution in [0.5, 0.6) is 0 Å². The second-order valence-electron chi connectivity index (χ2n) is 4.13. The number of furan rings is 1. The van der Waals surface area contributed by atoms with E-state index < -0.39 is 0 Å². The van der Waals surface area contributed by atoms with E-state index in [1.54, 1.807) is 13.4 Å². The molecule has 0 saturated heterocycles. The number of rotatable bonds is 6. The van der Waals surface area contributed by atoms with Crippen molar-refractivity contribution in [1.82, 2.24) is 5.32 Å². The highest BCUT2D eigenvalue weighted by Gasteiger charge is 2.37. The Labute approximate surface area is 90.8 Å². The average molecular weight is 209 g/mol. The molecular weight excluding hydrogens is 190 g/mol. The molecule has 2 rings (SSSR count). The van der Waals surface area contributed by atoms with Gasteiger partial charge in [-0.3, -0.25) is 0 Å². The van der Waals surface area contributed by atoms with Crippen LogP contribution in [0.2, 0.25) is 0 Å². The second kappa shape index (κ2) is 4.81. The molecule has 2 atom stereocenters. The van der Waals surface area contributed by atoms with E-state index in [0.717, 1.165) is 6.54 Å². The molecule has 0 amide bonds. The van der Waals surface area contributed by atoms with Crippen molar-refractivity contribution in [2.24, 2.45) is 5.92 Å². The van der Waals surface area contributed by atoms with Gasteiger partial charge in [0, 0.05) is 12.7 Å². The van der Waals surface area contributed by atoms with Crippen LogP contribution in [0.15, 0.2) is 23.0 Å². The van der Waals surface area contributed by atoms with Crippen LogP contribution < -0.4 is 5.32 Å². The third kappa shape index (κ3) is 2.41. The number of methoxy groups -OCH3 is 1. The Morgan fingerprint density at radius 2 is 2.40 bits per heavy atom. The van der Waals surface area contributed by atoms with Crippen LogP contribution in [-0.4, -0.2) is 19.8 Å². The van der Waals surface area contributed by atoms with Crippen molar-refractivity contribution in [3.05, 3.63) is 24.2 Å². The molecule has 1 aliphatic rings. The van der Waals surface area contributed by atoms with Gasteiger partial charge < -0.3 is 14.5 Å². The molecule has 1 aliphatic carbocycles. The maximum atomic E-state index is 5.61. The Bertz CT molecular complexity index is 280. The lowest BCUT2D eigenvalue weighted by atomic mass is 10.0. The molecule has 84 valence electrons. The van der Waals surface area contributed by atoms with E-state index in [0.29, 0.717) is 5.92 Å². The van der Waals surface area contributed by atoms with Gasteiger partial charge in [0.2, 0.25) is 0 Å². The Morgan fingerprint density at radius 3 is 2.87 bits per heavy atom. The van der Waals surface area contributed by atoms with E-state index in [2.05, 4.69) is 12.2 Å². The first-order chi connectivity index (χ1) is 7.36. The van der Waals surface area contributed by atoms with Gasteiger partial charge in [-0.15, -0.1) is 0 Å². The normalized spacial score (nSPS) is 20.1. The van der Waals surface area contributed by atoms with Crippen LogP contribution in [0, 0.1) is 5.92 Å². The summed E-state index contributed by atoms with van der Waals surface area (Å²) in [5.41, 5.74) is 1.19. The Hall–Kier alpha value is -0.800. The van der Waals surface area contributed by atoms with E-state index in [4.69, 9.17) is 9.15 Å². The molecule has 0 aliphatic heterocycles. The van der Waals surface area contributed by atoms with E-state index in [1.807, 2.05) is 12.3 Å². The first-order valence-corrected chi connectivity index (χ1v) is 5.65. The molecule has 3 heteroatoms. The predicted octanol–water partition coefficient (Wildman–Crippen LogP) is 2.36. The third-order valence-electron chi connectivity index (χ3n) is 3.01. The van der Waals surface area contributed by atoms with E-state index >= 15 is 0 Å². The molecular formula is C12H19NO2. The number of nitrogens with one attached hydrogen (secondary N) is 1. The van der Waals surface area contributed by atoms with Gasteiger partial charge in [-0.25, -0.2) is 0 Å². The molecule has 0 radical (unpaired) electrons. The zero-order chi connectivity index (χ0) is 10.7. The summed E-state index contributed by atoms with van der Waals surface area (Å²) in [4.78, 5) is 0. The smallest absolute Gasteiger partial charge is 0.0951 e. The molecule has 0 aromatic carbocycles. The van der Waals surface area contributed by atoms with Crippen molar-refractivity contribution < 1.29 is 9.15 Å². The average Bonchev–Trinajstić information content (AvgIpc) is 2.94. The Kier molecular flexibility index (Phi) is 3.44. The molecule has 1 N–H and O–H groups in total. The largest absolute Gasteiger partial charge is 0.472 e. The number of likely N-dealkylation sites (N-methyl/N-ethyl adjacent to an activating group) is 1. The maximum Gasteiger partial charge on any atom is 0.0951 e. The van der Waals surface area contributed by atoms with Crippen molar-refractivity contribution in [2.75, 3.05) is 13.7 Å². The van der Waals surface area contributed by atoms with Crippen LogP contribution in [0.4, 0.5) is 0 Å². The summed E-state index contributed by atoms with van der Waals surface area (Å²) in [6.07, 6.45) is 6.39. The molecule has 1 aromatic rings. The highest BCUT2D eigenvalue weighted by Crippen LogP contribution is 2.39. The van der Waals surface area contributed by atoms with Gasteiger partial charge in [0.05, 0.1) is 24.7 Å². The van der Waals surface area contributed by atoms with Gasteiger partial charge in [-0.05, 0) is 31.4 Å². The minimum atomic E-state index is 0.270. The monoisotopic (exact) mass is 209 g/mol. The molecule has 15 heavy (non-hydrogen) atoms. The number of ether oxygens (including phenoxy) is 1. The molecule has 0 bridgehead atoms. The summed E-state index contributed by atoms with van der Waals surface area (Å²) in [5.74, 6) is 0.717. The van der Waals surface area contributed by atoms with Crippen molar-refractivity contribution in [2.45, 2.75) is 31.9 Å². The molecule has 1 aromatic heterocycles. The van der Waals surface area contributed by atoms with E-state index in [9.17, 15) is 0 Å². The van der Waals surface area contributed by atoms with Crippen molar-refractivity contribution >= 4 is 0 Å². The summed E-state index contributed by atoms with van der Waals surface area (Å²) in [6.45, 7) is 3.06. The summed E-state index contributed by atoms with van der Waals surface area (Å²) < 4.78 is 10.7. The Balaban J connectivity index is 2.10. The zero-order valence-corrected chi connectivity index (χ0v) is 9.40. The molecule has 1 saturated carbocycles. The Morgan fingerprint density at radius 1 is 1.60 bits per heavy atom. The van der Waals surface area contributed by atoms with Crippen LogP contribution in [0.3, 0.4) is 0 Å². The summed E-state index contributed by atoms with van der Waals surface area (Å²) in [7, 11) is 1.80. The summed E-state index contributed by atoms with van der Waals surface area (Å²) in [6, 6.07) is 2.29. The maximum absolute atomic E-state index is 5.61. The lowest BCUT2D eigenvalue weighted by Gasteiger charge is -2.25. The first kappa shape index (κ1) is 10.7. The van der Waals surface area contributed by atoms with Crippen LogP contribution >= 0.6 is 0 Å². The summed E-state index contributed by atoms with van der Waals surface area (Å²) in [5, 5.41) is 3.47. The fraction of sp³-hybridized carbons (Fsp3) is 0.667. The predicted molar refractivity (Wildman–Crippen MR) is 58.6 cm³/mol. The number of hydrogen-bond acceptors (Lipinski definition) is 3. The van der Waals surface area contributed by atoms with Crippen LogP contribution in [0.25, 0.3) is 0 Å². The second-order valence-corrected chi connectivity index (χ2v) is 4.13. The van der Waals surface area contributed by atoms with E-state index in [-0.39, 0.29) is 12.1 Å². The highest BCUT2D eigenvalue weighted by atomic mass is 16.5. The van der Waals surface area contributed by atoms with Crippen molar-refractivity contribution in [3.8, 4) is 0 Å². The molecule has 0 spiro atoms.